The smallest absolute Gasteiger partial charge is 0.245 e. The Balaban J connectivity index is 2.77. The molecule has 4 heteroatoms. The molecule has 1 saturated heterocycles. The molecule has 4 nitrogen and oxygen atoms in total. The normalized spacial score (nSPS) is 24.7. The van der Waals surface area contributed by atoms with Crippen LogP contribution in [0, 0.1) is 5.92 Å². The van der Waals surface area contributed by atoms with Gasteiger partial charge in [-0.2, -0.15) is 0 Å². The zero-order valence-corrected chi connectivity index (χ0v) is 13.4. The molecule has 0 aromatic heterocycles. The Kier molecular flexibility index (Phi) is 7.03. The van der Waals surface area contributed by atoms with Gasteiger partial charge in [0.05, 0.1) is 0 Å². The topological polar surface area (TPSA) is 49.4 Å². The first-order valence-electron chi connectivity index (χ1n) is 8.17. The van der Waals surface area contributed by atoms with Gasteiger partial charge in [-0.3, -0.25) is 9.59 Å². The van der Waals surface area contributed by atoms with Gasteiger partial charge in [0.2, 0.25) is 11.8 Å². The second-order valence-electron chi connectivity index (χ2n) is 5.89. The number of nitrogens with zero attached hydrogens (tertiary/aromatic N) is 1. The van der Waals surface area contributed by atoms with Crippen molar-refractivity contribution in [3.63, 3.8) is 0 Å². The molecule has 1 heterocycles. The average Bonchev–Trinajstić information content (AvgIpc) is 2.45. The van der Waals surface area contributed by atoms with Crippen LogP contribution in [0.1, 0.15) is 66.2 Å². The first-order chi connectivity index (χ1) is 9.56. The van der Waals surface area contributed by atoms with Gasteiger partial charge in [0, 0.05) is 6.54 Å². The molecule has 0 radical (unpaired) electrons. The van der Waals surface area contributed by atoms with Gasteiger partial charge >= 0.3 is 0 Å². The highest BCUT2D eigenvalue weighted by molar-refractivity contribution is 5.97. The first-order valence-corrected chi connectivity index (χ1v) is 8.17. The Morgan fingerprint density at radius 1 is 1.15 bits per heavy atom. The maximum Gasteiger partial charge on any atom is 0.245 e. The third-order valence-electron chi connectivity index (χ3n) is 4.35. The molecular formula is C16H30N2O2. The van der Waals surface area contributed by atoms with Crippen LogP contribution < -0.4 is 5.32 Å². The fraction of sp³-hybridized carbons (Fsp3) is 0.875. The van der Waals surface area contributed by atoms with Crippen molar-refractivity contribution >= 4 is 11.8 Å². The Morgan fingerprint density at radius 3 is 2.40 bits per heavy atom. The van der Waals surface area contributed by atoms with E-state index in [1.54, 1.807) is 0 Å². The molecule has 20 heavy (non-hydrogen) atoms. The summed E-state index contributed by atoms with van der Waals surface area (Å²) in [6, 6.07) is -0.606. The van der Waals surface area contributed by atoms with E-state index >= 15 is 0 Å². The Bertz CT molecular complexity index is 330. The molecular weight excluding hydrogens is 252 g/mol. The van der Waals surface area contributed by atoms with Gasteiger partial charge in [0.25, 0.3) is 0 Å². The van der Waals surface area contributed by atoms with Gasteiger partial charge in [0.15, 0.2) is 0 Å². The second-order valence-corrected chi connectivity index (χ2v) is 5.89. The third-order valence-corrected chi connectivity index (χ3v) is 4.35. The van der Waals surface area contributed by atoms with E-state index in [0.717, 1.165) is 25.8 Å². The summed E-state index contributed by atoms with van der Waals surface area (Å²) in [7, 11) is 0. The molecule has 1 N–H and O–H groups in total. The monoisotopic (exact) mass is 282 g/mol. The summed E-state index contributed by atoms with van der Waals surface area (Å²) in [6.07, 6.45) is 6.08. The van der Waals surface area contributed by atoms with Crippen molar-refractivity contribution in [2.24, 2.45) is 5.92 Å². The summed E-state index contributed by atoms with van der Waals surface area (Å²) in [5.74, 6) is 0.345. The van der Waals surface area contributed by atoms with Crippen LogP contribution in [0.3, 0.4) is 0 Å². The largest absolute Gasteiger partial charge is 0.343 e. The van der Waals surface area contributed by atoms with E-state index in [2.05, 4.69) is 26.1 Å². The van der Waals surface area contributed by atoms with E-state index in [1.165, 1.54) is 12.8 Å². The van der Waals surface area contributed by atoms with Crippen LogP contribution in [0.5, 0.6) is 0 Å². The number of hydrogen-bond acceptors (Lipinski definition) is 2. The second kappa shape index (κ2) is 8.28. The summed E-state index contributed by atoms with van der Waals surface area (Å²) >= 11 is 0. The molecule has 1 rings (SSSR count). The van der Waals surface area contributed by atoms with E-state index in [-0.39, 0.29) is 29.8 Å². The van der Waals surface area contributed by atoms with E-state index in [4.69, 9.17) is 0 Å². The van der Waals surface area contributed by atoms with Gasteiger partial charge in [-0.25, -0.2) is 0 Å². The standard InChI is InChI=1S/C16H30N2O2/c1-5-8-9-10-11-18-14(12(4)6-2)15(19)17-13(7-3)16(18)20/h12-14H,5-11H2,1-4H3,(H,17,19). The van der Waals surface area contributed by atoms with Crippen LogP contribution in [-0.2, 0) is 9.59 Å². The number of unbranched alkanes of at least 4 members (excludes halogenated alkanes) is 3. The zero-order valence-electron chi connectivity index (χ0n) is 13.4. The van der Waals surface area contributed by atoms with Crippen LogP contribution in [0.4, 0.5) is 0 Å². The molecule has 2 amide bonds. The van der Waals surface area contributed by atoms with Crippen LogP contribution in [0.2, 0.25) is 0 Å². The van der Waals surface area contributed by atoms with E-state index in [1.807, 2.05) is 11.8 Å². The lowest BCUT2D eigenvalue weighted by molar-refractivity contribution is -0.151. The number of amides is 2. The molecule has 1 aliphatic rings. The van der Waals surface area contributed by atoms with Gasteiger partial charge in [-0.15, -0.1) is 0 Å². The fourth-order valence-electron chi connectivity index (χ4n) is 2.82. The minimum atomic E-state index is -0.325. The minimum Gasteiger partial charge on any atom is -0.343 e. The van der Waals surface area contributed by atoms with Gasteiger partial charge in [-0.05, 0) is 18.8 Å². The Labute approximate surface area is 123 Å². The molecule has 0 bridgehead atoms. The van der Waals surface area contributed by atoms with Gasteiger partial charge in [-0.1, -0.05) is 53.4 Å². The number of carbonyl (C=O) groups is 2. The van der Waals surface area contributed by atoms with E-state index in [9.17, 15) is 9.59 Å². The molecule has 116 valence electrons. The lowest BCUT2D eigenvalue weighted by Crippen LogP contribution is -2.64. The van der Waals surface area contributed by atoms with Crippen molar-refractivity contribution in [2.45, 2.75) is 78.3 Å². The molecule has 0 aromatic carbocycles. The Hall–Kier alpha value is -1.06. The maximum atomic E-state index is 12.5. The molecule has 3 atom stereocenters. The molecule has 3 unspecified atom stereocenters. The van der Waals surface area contributed by atoms with Crippen LogP contribution in [0.25, 0.3) is 0 Å². The molecule has 0 spiro atoms. The number of nitrogens with one attached hydrogen (secondary N) is 1. The fourth-order valence-corrected chi connectivity index (χ4v) is 2.82. The first kappa shape index (κ1) is 17.0. The van der Waals surface area contributed by atoms with Gasteiger partial charge < -0.3 is 10.2 Å². The minimum absolute atomic E-state index is 0.0290. The SMILES string of the molecule is CCCCCCN1C(=O)C(CC)NC(=O)C1C(C)CC. The third kappa shape index (κ3) is 3.97. The quantitative estimate of drug-likeness (QED) is 0.696. The molecule has 0 aromatic rings. The maximum absolute atomic E-state index is 12.5. The van der Waals surface area contributed by atoms with Crippen LogP contribution in [-0.4, -0.2) is 35.3 Å². The van der Waals surface area contributed by atoms with Crippen molar-refractivity contribution in [1.29, 1.82) is 0 Å². The van der Waals surface area contributed by atoms with Gasteiger partial charge in [0.1, 0.15) is 12.1 Å². The summed E-state index contributed by atoms with van der Waals surface area (Å²) in [5.41, 5.74) is 0. The van der Waals surface area contributed by atoms with E-state index < -0.39 is 0 Å². The van der Waals surface area contributed by atoms with Crippen molar-refractivity contribution in [1.82, 2.24) is 10.2 Å². The highest BCUT2D eigenvalue weighted by Crippen LogP contribution is 2.21. The summed E-state index contributed by atoms with van der Waals surface area (Å²) in [6.45, 7) is 8.97. The van der Waals surface area contributed by atoms with Crippen molar-refractivity contribution in [2.75, 3.05) is 6.54 Å². The predicted molar refractivity (Wildman–Crippen MR) is 81.3 cm³/mol. The van der Waals surface area contributed by atoms with Crippen molar-refractivity contribution in [3.05, 3.63) is 0 Å². The number of hydrogen-bond donors (Lipinski definition) is 1. The molecule has 0 aliphatic carbocycles. The number of rotatable bonds is 8. The van der Waals surface area contributed by atoms with Crippen molar-refractivity contribution < 1.29 is 9.59 Å². The molecule has 1 fully saturated rings. The number of piperazine rings is 1. The lowest BCUT2D eigenvalue weighted by Gasteiger charge is -2.41. The summed E-state index contributed by atoms with van der Waals surface area (Å²) in [5, 5.41) is 2.88. The van der Waals surface area contributed by atoms with Crippen LogP contribution in [0.15, 0.2) is 0 Å². The molecule has 1 aliphatic heterocycles. The zero-order chi connectivity index (χ0) is 15.1. The Morgan fingerprint density at radius 2 is 1.85 bits per heavy atom. The van der Waals surface area contributed by atoms with Crippen molar-refractivity contribution in [3.8, 4) is 0 Å². The summed E-state index contributed by atoms with van der Waals surface area (Å²) < 4.78 is 0. The molecule has 0 saturated carbocycles. The summed E-state index contributed by atoms with van der Waals surface area (Å²) in [4.78, 5) is 26.7. The average molecular weight is 282 g/mol. The van der Waals surface area contributed by atoms with Crippen LogP contribution >= 0.6 is 0 Å². The number of carbonyl (C=O) groups excluding carboxylic acids is 2. The highest BCUT2D eigenvalue weighted by atomic mass is 16.2. The highest BCUT2D eigenvalue weighted by Gasteiger charge is 2.41. The predicted octanol–water partition coefficient (Wildman–Crippen LogP) is 2.72. The lowest BCUT2D eigenvalue weighted by atomic mass is 9.92. The van der Waals surface area contributed by atoms with E-state index in [0.29, 0.717) is 6.42 Å².